The highest BCUT2D eigenvalue weighted by molar-refractivity contribution is 6.35. The van der Waals surface area contributed by atoms with Gasteiger partial charge < -0.3 is 10.1 Å². The molecule has 10 nitrogen and oxygen atoms in total. The standard InChI is InChI=1S/C16H15Cl2N7O3/c1-9-6-14(25(27)28)21-24(9)10(2)15(26)20-16-19-8-23(22-16)7-11-12(17)4-3-5-13(11)18/h3-6,8,10H,7H2,1-2H3,(H,20,22,26). The second-order valence-electron chi connectivity index (χ2n) is 5.98. The lowest BCUT2D eigenvalue weighted by Crippen LogP contribution is -2.25. The van der Waals surface area contributed by atoms with Crippen LogP contribution in [0.2, 0.25) is 10.0 Å². The first-order valence-corrected chi connectivity index (χ1v) is 8.85. The minimum Gasteiger partial charge on any atom is -0.358 e. The van der Waals surface area contributed by atoms with E-state index in [2.05, 4.69) is 20.5 Å². The summed E-state index contributed by atoms with van der Waals surface area (Å²) in [7, 11) is 0. The fourth-order valence-electron chi connectivity index (χ4n) is 2.55. The smallest absolute Gasteiger partial charge is 0.358 e. The van der Waals surface area contributed by atoms with Crippen LogP contribution in [0.15, 0.2) is 30.6 Å². The third-order valence-electron chi connectivity index (χ3n) is 4.00. The first-order chi connectivity index (χ1) is 13.3. The van der Waals surface area contributed by atoms with Gasteiger partial charge in [-0.15, -0.1) is 5.10 Å². The lowest BCUT2D eigenvalue weighted by atomic mass is 10.2. The van der Waals surface area contributed by atoms with Crippen LogP contribution in [0.25, 0.3) is 0 Å². The second-order valence-corrected chi connectivity index (χ2v) is 6.79. The van der Waals surface area contributed by atoms with Crippen molar-refractivity contribution < 1.29 is 9.72 Å². The summed E-state index contributed by atoms with van der Waals surface area (Å²) < 4.78 is 2.76. The lowest BCUT2D eigenvalue weighted by molar-refractivity contribution is -0.389. The molecule has 1 N–H and O–H groups in total. The SMILES string of the molecule is Cc1cc([N+](=O)[O-])nn1C(C)C(=O)Nc1ncn(Cc2c(Cl)cccc2Cl)n1. The Kier molecular flexibility index (Phi) is 5.61. The van der Waals surface area contributed by atoms with E-state index in [-0.39, 0.29) is 18.3 Å². The fraction of sp³-hybridized carbons (Fsp3) is 0.250. The molecule has 28 heavy (non-hydrogen) atoms. The summed E-state index contributed by atoms with van der Waals surface area (Å²) in [5.41, 5.74) is 1.17. The molecule has 0 saturated heterocycles. The third-order valence-corrected chi connectivity index (χ3v) is 4.70. The van der Waals surface area contributed by atoms with E-state index in [4.69, 9.17) is 23.2 Å². The van der Waals surface area contributed by atoms with Crippen LogP contribution < -0.4 is 5.32 Å². The molecule has 1 amide bonds. The number of aryl methyl sites for hydroxylation is 1. The molecule has 1 unspecified atom stereocenters. The zero-order valence-electron chi connectivity index (χ0n) is 14.8. The summed E-state index contributed by atoms with van der Waals surface area (Å²) in [4.78, 5) is 26.7. The third kappa shape index (κ3) is 4.12. The number of benzene rings is 1. The molecule has 2 aromatic heterocycles. The highest BCUT2D eigenvalue weighted by Gasteiger charge is 2.25. The topological polar surface area (TPSA) is 121 Å². The first kappa shape index (κ1) is 19.8. The number of amides is 1. The molecule has 3 rings (SSSR count). The van der Waals surface area contributed by atoms with Crippen LogP contribution in [0.1, 0.15) is 24.2 Å². The van der Waals surface area contributed by atoms with E-state index in [1.54, 1.807) is 32.0 Å². The summed E-state index contributed by atoms with van der Waals surface area (Å²) in [6.07, 6.45) is 1.43. The van der Waals surface area contributed by atoms with Crippen LogP contribution in [0.5, 0.6) is 0 Å². The fourth-order valence-corrected chi connectivity index (χ4v) is 3.07. The Balaban J connectivity index is 1.71. The lowest BCUT2D eigenvalue weighted by Gasteiger charge is -2.09. The minimum atomic E-state index is -0.793. The molecule has 0 saturated carbocycles. The van der Waals surface area contributed by atoms with E-state index in [1.165, 1.54) is 21.8 Å². The van der Waals surface area contributed by atoms with Crippen LogP contribution in [-0.2, 0) is 11.3 Å². The molecule has 0 bridgehead atoms. The van der Waals surface area contributed by atoms with Crippen LogP contribution >= 0.6 is 23.2 Å². The number of rotatable bonds is 6. The van der Waals surface area contributed by atoms with Gasteiger partial charge in [0, 0.05) is 15.6 Å². The average molecular weight is 424 g/mol. The Morgan fingerprint density at radius 2 is 2.00 bits per heavy atom. The molecule has 0 radical (unpaired) electrons. The molecule has 146 valence electrons. The van der Waals surface area contributed by atoms with Crippen molar-refractivity contribution in [2.24, 2.45) is 0 Å². The zero-order valence-corrected chi connectivity index (χ0v) is 16.3. The molecule has 3 aromatic rings. The predicted molar refractivity (Wildman–Crippen MR) is 103 cm³/mol. The highest BCUT2D eigenvalue weighted by atomic mass is 35.5. The van der Waals surface area contributed by atoms with Gasteiger partial charge >= 0.3 is 5.82 Å². The number of anilines is 1. The predicted octanol–water partition coefficient (Wildman–Crippen LogP) is 3.25. The summed E-state index contributed by atoms with van der Waals surface area (Å²) >= 11 is 12.3. The molecule has 1 atom stereocenters. The van der Waals surface area contributed by atoms with Gasteiger partial charge in [0.2, 0.25) is 5.95 Å². The van der Waals surface area contributed by atoms with Crippen molar-refractivity contribution in [2.45, 2.75) is 26.4 Å². The Hall–Kier alpha value is -2.98. The minimum absolute atomic E-state index is 0.0827. The average Bonchev–Trinajstić information content (AvgIpc) is 3.24. The number of hydrogen-bond donors (Lipinski definition) is 1. The van der Waals surface area contributed by atoms with Crippen molar-refractivity contribution in [1.82, 2.24) is 24.5 Å². The van der Waals surface area contributed by atoms with E-state index >= 15 is 0 Å². The van der Waals surface area contributed by atoms with Crippen molar-refractivity contribution >= 4 is 40.9 Å². The van der Waals surface area contributed by atoms with Crippen LogP contribution in [0.4, 0.5) is 11.8 Å². The quantitative estimate of drug-likeness (QED) is 0.479. The molecule has 12 heteroatoms. The number of hydrogen-bond acceptors (Lipinski definition) is 6. The molecular weight excluding hydrogens is 409 g/mol. The van der Waals surface area contributed by atoms with Gasteiger partial charge in [-0.25, -0.2) is 9.67 Å². The monoisotopic (exact) mass is 423 g/mol. The maximum Gasteiger partial charge on any atom is 0.390 e. The van der Waals surface area contributed by atoms with Crippen molar-refractivity contribution in [2.75, 3.05) is 5.32 Å². The summed E-state index contributed by atoms with van der Waals surface area (Å²) in [5.74, 6) is -0.704. The van der Waals surface area contributed by atoms with Crippen LogP contribution in [0.3, 0.4) is 0 Å². The summed E-state index contributed by atoms with van der Waals surface area (Å²) in [6.45, 7) is 3.48. The van der Waals surface area contributed by atoms with Crippen LogP contribution in [-0.4, -0.2) is 35.4 Å². The van der Waals surface area contributed by atoms with Gasteiger partial charge in [0.15, 0.2) is 0 Å². The van der Waals surface area contributed by atoms with Gasteiger partial charge in [-0.05, 0) is 30.9 Å². The normalized spacial score (nSPS) is 12.0. The van der Waals surface area contributed by atoms with E-state index in [0.717, 1.165) is 0 Å². The summed E-state index contributed by atoms with van der Waals surface area (Å²) in [6, 6.07) is 5.68. The number of carbonyl (C=O) groups is 1. The molecule has 0 spiro atoms. The zero-order chi connectivity index (χ0) is 20.4. The molecule has 2 heterocycles. The van der Waals surface area contributed by atoms with Crippen molar-refractivity contribution in [1.29, 1.82) is 0 Å². The summed E-state index contributed by atoms with van der Waals surface area (Å²) in [5, 5.41) is 22.4. The van der Waals surface area contributed by atoms with E-state index in [0.29, 0.717) is 21.3 Å². The number of nitrogens with one attached hydrogen (secondary N) is 1. The molecule has 0 aliphatic rings. The molecular formula is C16H15Cl2N7O3. The molecule has 0 fully saturated rings. The van der Waals surface area contributed by atoms with E-state index in [1.807, 2.05) is 0 Å². The number of carbonyl (C=O) groups excluding carboxylic acids is 1. The van der Waals surface area contributed by atoms with Gasteiger partial charge in [0.05, 0.1) is 23.4 Å². The van der Waals surface area contributed by atoms with Gasteiger partial charge in [-0.1, -0.05) is 29.3 Å². The molecule has 0 aliphatic heterocycles. The number of nitro groups is 1. The first-order valence-electron chi connectivity index (χ1n) is 8.10. The van der Waals surface area contributed by atoms with E-state index in [9.17, 15) is 14.9 Å². The van der Waals surface area contributed by atoms with Gasteiger partial charge in [0.1, 0.15) is 12.4 Å². The van der Waals surface area contributed by atoms with Crippen molar-refractivity contribution in [3.05, 3.63) is 62.0 Å². The van der Waals surface area contributed by atoms with E-state index < -0.39 is 16.9 Å². The Bertz CT molecular complexity index is 1030. The van der Waals surface area contributed by atoms with Gasteiger partial charge in [-0.3, -0.25) is 10.1 Å². The Morgan fingerprint density at radius 3 is 2.61 bits per heavy atom. The Morgan fingerprint density at radius 1 is 1.32 bits per heavy atom. The molecule has 0 aliphatic carbocycles. The highest BCUT2D eigenvalue weighted by Crippen LogP contribution is 2.25. The number of halogens is 2. The largest absolute Gasteiger partial charge is 0.390 e. The molecule has 1 aromatic carbocycles. The van der Waals surface area contributed by atoms with Gasteiger partial charge in [0.25, 0.3) is 5.91 Å². The number of aromatic nitrogens is 5. The van der Waals surface area contributed by atoms with Crippen molar-refractivity contribution in [3.63, 3.8) is 0 Å². The Labute approximate surface area is 169 Å². The van der Waals surface area contributed by atoms with Gasteiger partial charge in [-0.2, -0.15) is 4.68 Å². The maximum absolute atomic E-state index is 12.4. The van der Waals surface area contributed by atoms with Crippen molar-refractivity contribution in [3.8, 4) is 0 Å². The maximum atomic E-state index is 12.4. The second kappa shape index (κ2) is 7.95. The van der Waals surface area contributed by atoms with Crippen LogP contribution in [0, 0.1) is 17.0 Å². The number of nitrogens with zero attached hydrogens (tertiary/aromatic N) is 6.